The van der Waals surface area contributed by atoms with Crippen LogP contribution in [0, 0.1) is 0 Å². The predicted molar refractivity (Wildman–Crippen MR) is 82.9 cm³/mol. The Labute approximate surface area is 122 Å². The first-order valence-corrected chi connectivity index (χ1v) is 7.57. The molecular formula is C15H17N3OS. The lowest BCUT2D eigenvalue weighted by Crippen LogP contribution is -2.29. The number of anilines is 2. The van der Waals surface area contributed by atoms with E-state index in [0.717, 1.165) is 25.1 Å². The standard InChI is InChI=1S/C15H17N3OS/c16-13-3-1-2-12(15(17)19)14(13)18(11-4-5-11)8-10-6-7-20-9-10/h1-3,6-7,9,11H,4-5,8,16H2,(H2,17,19). The fourth-order valence-electron chi connectivity index (χ4n) is 2.44. The molecule has 0 spiro atoms. The summed E-state index contributed by atoms with van der Waals surface area (Å²) in [6.45, 7) is 0.767. The zero-order valence-corrected chi connectivity index (χ0v) is 11.9. The highest BCUT2D eigenvalue weighted by molar-refractivity contribution is 7.07. The van der Waals surface area contributed by atoms with Crippen molar-refractivity contribution in [2.75, 3.05) is 10.6 Å². The summed E-state index contributed by atoms with van der Waals surface area (Å²) in [5.41, 5.74) is 14.7. The molecule has 0 atom stereocenters. The highest BCUT2D eigenvalue weighted by Gasteiger charge is 2.32. The van der Waals surface area contributed by atoms with Gasteiger partial charge < -0.3 is 16.4 Å². The lowest BCUT2D eigenvalue weighted by molar-refractivity contribution is 0.100. The topological polar surface area (TPSA) is 72.3 Å². The SMILES string of the molecule is NC(=O)c1cccc(N)c1N(Cc1ccsc1)C1CC1. The average Bonchev–Trinajstić information content (AvgIpc) is 3.13. The van der Waals surface area contributed by atoms with Gasteiger partial charge in [-0.1, -0.05) is 6.07 Å². The van der Waals surface area contributed by atoms with Crippen LogP contribution in [0.5, 0.6) is 0 Å². The fraction of sp³-hybridized carbons (Fsp3) is 0.267. The van der Waals surface area contributed by atoms with Crippen molar-refractivity contribution >= 4 is 28.6 Å². The van der Waals surface area contributed by atoms with Gasteiger partial charge in [-0.3, -0.25) is 4.79 Å². The minimum Gasteiger partial charge on any atom is -0.397 e. The second-order valence-corrected chi connectivity index (χ2v) is 5.88. The van der Waals surface area contributed by atoms with Gasteiger partial charge in [0.05, 0.1) is 16.9 Å². The molecule has 20 heavy (non-hydrogen) atoms. The number of para-hydroxylation sites is 1. The van der Waals surface area contributed by atoms with Gasteiger partial charge >= 0.3 is 0 Å². The van der Waals surface area contributed by atoms with Crippen LogP contribution in [-0.2, 0) is 6.54 Å². The van der Waals surface area contributed by atoms with Crippen molar-refractivity contribution in [2.24, 2.45) is 5.73 Å². The molecule has 1 amide bonds. The molecule has 4 N–H and O–H groups in total. The van der Waals surface area contributed by atoms with Crippen LogP contribution in [-0.4, -0.2) is 11.9 Å². The molecule has 0 aliphatic heterocycles. The molecule has 1 aromatic carbocycles. The Balaban J connectivity index is 2.01. The lowest BCUT2D eigenvalue weighted by Gasteiger charge is -2.27. The van der Waals surface area contributed by atoms with Crippen LogP contribution in [0.2, 0.25) is 0 Å². The van der Waals surface area contributed by atoms with Crippen molar-refractivity contribution in [1.82, 2.24) is 0 Å². The highest BCUT2D eigenvalue weighted by Crippen LogP contribution is 2.38. The smallest absolute Gasteiger partial charge is 0.250 e. The first-order chi connectivity index (χ1) is 9.66. The number of primary amides is 1. The third-order valence-electron chi connectivity index (χ3n) is 3.54. The molecule has 0 unspecified atom stereocenters. The maximum absolute atomic E-state index is 11.7. The van der Waals surface area contributed by atoms with Crippen LogP contribution >= 0.6 is 11.3 Å². The molecule has 1 aliphatic carbocycles. The van der Waals surface area contributed by atoms with Crippen molar-refractivity contribution in [2.45, 2.75) is 25.4 Å². The van der Waals surface area contributed by atoms with Crippen LogP contribution in [0.3, 0.4) is 0 Å². The van der Waals surface area contributed by atoms with E-state index in [1.165, 1.54) is 5.56 Å². The molecule has 104 valence electrons. The molecule has 0 saturated heterocycles. The van der Waals surface area contributed by atoms with Crippen LogP contribution in [0.4, 0.5) is 11.4 Å². The van der Waals surface area contributed by atoms with Gasteiger partial charge in [-0.2, -0.15) is 11.3 Å². The summed E-state index contributed by atoms with van der Waals surface area (Å²) < 4.78 is 0. The molecule has 1 aromatic heterocycles. The number of carbonyl (C=O) groups excluding carboxylic acids is 1. The summed E-state index contributed by atoms with van der Waals surface area (Å²) in [6.07, 6.45) is 2.27. The van der Waals surface area contributed by atoms with E-state index >= 15 is 0 Å². The van der Waals surface area contributed by atoms with Crippen molar-refractivity contribution in [3.8, 4) is 0 Å². The van der Waals surface area contributed by atoms with E-state index in [-0.39, 0.29) is 0 Å². The van der Waals surface area contributed by atoms with Gasteiger partial charge in [-0.15, -0.1) is 0 Å². The molecule has 0 bridgehead atoms. The summed E-state index contributed by atoms with van der Waals surface area (Å²) in [4.78, 5) is 13.9. The summed E-state index contributed by atoms with van der Waals surface area (Å²) in [7, 11) is 0. The molecule has 2 aromatic rings. The number of thiophene rings is 1. The molecule has 3 rings (SSSR count). The van der Waals surface area contributed by atoms with E-state index in [9.17, 15) is 4.79 Å². The largest absolute Gasteiger partial charge is 0.397 e. The van der Waals surface area contributed by atoms with E-state index in [0.29, 0.717) is 17.3 Å². The first kappa shape index (κ1) is 13.0. The lowest BCUT2D eigenvalue weighted by atomic mass is 10.1. The van der Waals surface area contributed by atoms with Gasteiger partial charge in [0.25, 0.3) is 5.91 Å². The molecule has 4 nitrogen and oxygen atoms in total. The van der Waals surface area contributed by atoms with Crippen LogP contribution in [0.15, 0.2) is 35.0 Å². The summed E-state index contributed by atoms with van der Waals surface area (Å²) in [5.74, 6) is -0.428. The van der Waals surface area contributed by atoms with Gasteiger partial charge in [0.1, 0.15) is 0 Å². The van der Waals surface area contributed by atoms with Crippen molar-refractivity contribution in [3.05, 3.63) is 46.2 Å². The van der Waals surface area contributed by atoms with Crippen molar-refractivity contribution in [1.29, 1.82) is 0 Å². The Morgan fingerprint density at radius 3 is 2.75 bits per heavy atom. The first-order valence-electron chi connectivity index (χ1n) is 6.63. The normalized spacial score (nSPS) is 14.2. The Morgan fingerprint density at radius 1 is 1.35 bits per heavy atom. The number of benzene rings is 1. The quantitative estimate of drug-likeness (QED) is 0.830. The zero-order valence-electron chi connectivity index (χ0n) is 11.1. The van der Waals surface area contributed by atoms with Gasteiger partial charge in [0, 0.05) is 12.6 Å². The highest BCUT2D eigenvalue weighted by atomic mass is 32.1. The van der Waals surface area contributed by atoms with Crippen LogP contribution in [0.1, 0.15) is 28.8 Å². The maximum atomic E-state index is 11.7. The van der Waals surface area contributed by atoms with Crippen molar-refractivity contribution < 1.29 is 4.79 Å². The van der Waals surface area contributed by atoms with E-state index in [4.69, 9.17) is 11.5 Å². The summed E-state index contributed by atoms with van der Waals surface area (Å²) in [5, 5.41) is 4.18. The molecule has 1 saturated carbocycles. The van der Waals surface area contributed by atoms with Gasteiger partial charge in [-0.05, 0) is 47.4 Å². The maximum Gasteiger partial charge on any atom is 0.250 e. The van der Waals surface area contributed by atoms with E-state index < -0.39 is 5.91 Å². The fourth-order valence-corrected chi connectivity index (χ4v) is 3.10. The van der Waals surface area contributed by atoms with E-state index in [1.807, 2.05) is 6.07 Å². The molecule has 5 heteroatoms. The zero-order chi connectivity index (χ0) is 14.1. The second-order valence-electron chi connectivity index (χ2n) is 5.10. The predicted octanol–water partition coefficient (Wildman–Crippen LogP) is 2.60. The molecule has 1 aliphatic rings. The Bertz CT molecular complexity index is 620. The Morgan fingerprint density at radius 2 is 2.15 bits per heavy atom. The number of amides is 1. The number of nitrogen functional groups attached to an aromatic ring is 1. The van der Waals surface area contributed by atoms with E-state index in [2.05, 4.69) is 21.7 Å². The van der Waals surface area contributed by atoms with Crippen LogP contribution in [0.25, 0.3) is 0 Å². The minimum atomic E-state index is -0.428. The van der Waals surface area contributed by atoms with Crippen LogP contribution < -0.4 is 16.4 Å². The molecule has 1 heterocycles. The van der Waals surface area contributed by atoms with Gasteiger partial charge in [-0.25, -0.2) is 0 Å². The third kappa shape index (κ3) is 2.49. The van der Waals surface area contributed by atoms with Gasteiger partial charge in [0.2, 0.25) is 0 Å². The Kier molecular flexibility index (Phi) is 3.36. The minimum absolute atomic E-state index is 0.428. The molecule has 1 fully saturated rings. The average molecular weight is 287 g/mol. The number of rotatable bonds is 5. The Hall–Kier alpha value is -2.01. The second kappa shape index (κ2) is 5.17. The van der Waals surface area contributed by atoms with Crippen molar-refractivity contribution in [3.63, 3.8) is 0 Å². The molecular weight excluding hydrogens is 270 g/mol. The number of carbonyl (C=O) groups is 1. The monoisotopic (exact) mass is 287 g/mol. The molecule has 0 radical (unpaired) electrons. The third-order valence-corrected chi connectivity index (χ3v) is 4.27. The van der Waals surface area contributed by atoms with Gasteiger partial charge in [0.15, 0.2) is 0 Å². The number of nitrogens with zero attached hydrogens (tertiary/aromatic N) is 1. The van der Waals surface area contributed by atoms with E-state index in [1.54, 1.807) is 23.5 Å². The summed E-state index contributed by atoms with van der Waals surface area (Å²) in [6, 6.07) is 7.90. The number of nitrogens with two attached hydrogens (primary N) is 2. The summed E-state index contributed by atoms with van der Waals surface area (Å²) >= 11 is 1.67. The number of hydrogen-bond donors (Lipinski definition) is 2. The number of hydrogen-bond acceptors (Lipinski definition) is 4.